The number of alkyl halides is 2. The van der Waals surface area contributed by atoms with Gasteiger partial charge in [-0.1, -0.05) is 0 Å². The highest BCUT2D eigenvalue weighted by atomic mass is 19.3. The quantitative estimate of drug-likeness (QED) is 0.774. The number of methoxy groups -OCH3 is 1. The van der Waals surface area contributed by atoms with Gasteiger partial charge in [0.2, 0.25) is 0 Å². The second-order valence-electron chi connectivity index (χ2n) is 2.83. The average molecular weight is 216 g/mol. The Kier molecular flexibility index (Phi) is 3.54. The molecule has 0 amide bonds. The van der Waals surface area contributed by atoms with Gasteiger partial charge in [-0.15, -0.1) is 0 Å². The first kappa shape index (κ1) is 11.4. The first-order chi connectivity index (χ1) is 7.04. The number of anilines is 1. The maximum atomic E-state index is 12.5. The third-order valence-corrected chi connectivity index (χ3v) is 1.81. The summed E-state index contributed by atoms with van der Waals surface area (Å²) in [6.45, 7) is 0. The molecule has 0 saturated carbocycles. The lowest BCUT2D eigenvalue weighted by Gasteiger charge is -2.07. The number of halogens is 2. The monoisotopic (exact) mass is 216 g/mol. The third-order valence-electron chi connectivity index (χ3n) is 1.81. The second-order valence-corrected chi connectivity index (χ2v) is 2.83. The Labute approximate surface area is 85.1 Å². The summed E-state index contributed by atoms with van der Waals surface area (Å²) in [5, 5.41) is 0. The van der Waals surface area contributed by atoms with Crippen molar-refractivity contribution in [2.75, 3.05) is 12.8 Å². The van der Waals surface area contributed by atoms with Gasteiger partial charge in [-0.05, 0) is 12.1 Å². The number of nitrogens with zero attached hydrogens (tertiary/aromatic N) is 1. The van der Waals surface area contributed by atoms with Crippen LogP contribution in [0.4, 0.5) is 14.6 Å². The maximum absolute atomic E-state index is 12.5. The predicted octanol–water partition coefficient (Wildman–Crippen LogP) is 1.32. The number of nitrogen functional groups attached to an aromatic ring is 1. The van der Waals surface area contributed by atoms with E-state index in [1.165, 1.54) is 13.2 Å². The SMILES string of the molecule is COC(=O)Cc1nc(N)ccc1C(F)F. The number of carbonyl (C=O) groups is 1. The smallest absolute Gasteiger partial charge is 0.311 e. The van der Waals surface area contributed by atoms with Crippen LogP contribution in [0.25, 0.3) is 0 Å². The molecule has 0 aliphatic rings. The summed E-state index contributed by atoms with van der Waals surface area (Å²) in [6.07, 6.45) is -2.99. The summed E-state index contributed by atoms with van der Waals surface area (Å²) >= 11 is 0. The predicted molar refractivity (Wildman–Crippen MR) is 49.3 cm³/mol. The van der Waals surface area contributed by atoms with Crippen LogP contribution in [0.5, 0.6) is 0 Å². The van der Waals surface area contributed by atoms with E-state index in [9.17, 15) is 13.6 Å². The number of pyridine rings is 1. The fourth-order valence-corrected chi connectivity index (χ4v) is 1.08. The zero-order chi connectivity index (χ0) is 11.4. The lowest BCUT2D eigenvalue weighted by atomic mass is 10.1. The number of hydrogen-bond donors (Lipinski definition) is 1. The number of nitrogens with two attached hydrogens (primary N) is 1. The topological polar surface area (TPSA) is 65.2 Å². The second kappa shape index (κ2) is 4.68. The van der Waals surface area contributed by atoms with Gasteiger partial charge in [0, 0.05) is 5.56 Å². The summed E-state index contributed by atoms with van der Waals surface area (Å²) in [6, 6.07) is 2.42. The third kappa shape index (κ3) is 2.87. The molecule has 82 valence electrons. The maximum Gasteiger partial charge on any atom is 0.311 e. The van der Waals surface area contributed by atoms with Crippen molar-refractivity contribution in [3.63, 3.8) is 0 Å². The standard InChI is InChI=1S/C9H10F2N2O2/c1-15-8(14)4-6-5(9(10)11)2-3-7(12)13-6/h2-3,9H,4H2,1H3,(H2,12,13). The van der Waals surface area contributed by atoms with Crippen molar-refractivity contribution in [1.82, 2.24) is 4.98 Å². The van der Waals surface area contributed by atoms with Gasteiger partial charge in [-0.3, -0.25) is 4.79 Å². The molecule has 0 fully saturated rings. The Balaban J connectivity index is 3.02. The van der Waals surface area contributed by atoms with Gasteiger partial charge in [0.05, 0.1) is 19.2 Å². The normalized spacial score (nSPS) is 10.4. The minimum Gasteiger partial charge on any atom is -0.469 e. The molecule has 2 N–H and O–H groups in total. The van der Waals surface area contributed by atoms with Gasteiger partial charge in [0.25, 0.3) is 6.43 Å². The Morgan fingerprint density at radius 2 is 2.27 bits per heavy atom. The van der Waals surface area contributed by atoms with Crippen molar-refractivity contribution < 1.29 is 18.3 Å². The molecule has 0 saturated heterocycles. The number of aromatic nitrogens is 1. The minimum atomic E-state index is -2.68. The molecule has 0 bridgehead atoms. The van der Waals surface area contributed by atoms with E-state index in [4.69, 9.17) is 5.73 Å². The first-order valence-corrected chi connectivity index (χ1v) is 4.15. The summed E-state index contributed by atoms with van der Waals surface area (Å²) < 4.78 is 29.3. The Morgan fingerprint density at radius 1 is 1.60 bits per heavy atom. The molecule has 0 unspecified atom stereocenters. The molecule has 0 aliphatic carbocycles. The van der Waals surface area contributed by atoms with E-state index < -0.39 is 12.4 Å². The van der Waals surface area contributed by atoms with Crippen LogP contribution in [0.1, 0.15) is 17.7 Å². The van der Waals surface area contributed by atoms with Crippen molar-refractivity contribution in [1.29, 1.82) is 0 Å². The van der Waals surface area contributed by atoms with Crippen LogP contribution in [0.3, 0.4) is 0 Å². The lowest BCUT2D eigenvalue weighted by molar-refractivity contribution is -0.139. The van der Waals surface area contributed by atoms with E-state index in [1.807, 2.05) is 0 Å². The van der Waals surface area contributed by atoms with Crippen LogP contribution in [0.15, 0.2) is 12.1 Å². The van der Waals surface area contributed by atoms with Crippen molar-refractivity contribution in [3.8, 4) is 0 Å². The van der Waals surface area contributed by atoms with Gasteiger partial charge in [-0.25, -0.2) is 13.8 Å². The number of carbonyl (C=O) groups excluding carboxylic acids is 1. The highest BCUT2D eigenvalue weighted by Gasteiger charge is 2.17. The summed E-state index contributed by atoms with van der Waals surface area (Å²) in [5.74, 6) is -0.534. The van der Waals surface area contributed by atoms with Gasteiger partial charge in [0.1, 0.15) is 5.82 Å². The fraction of sp³-hybridized carbons (Fsp3) is 0.333. The number of esters is 1. The zero-order valence-corrected chi connectivity index (χ0v) is 8.04. The average Bonchev–Trinajstić information content (AvgIpc) is 2.17. The molecule has 1 heterocycles. The van der Waals surface area contributed by atoms with Gasteiger partial charge < -0.3 is 10.5 Å². The fourth-order valence-electron chi connectivity index (χ4n) is 1.08. The van der Waals surface area contributed by atoms with E-state index in [0.29, 0.717) is 0 Å². The van der Waals surface area contributed by atoms with Crippen LogP contribution >= 0.6 is 0 Å². The van der Waals surface area contributed by atoms with Gasteiger partial charge in [0.15, 0.2) is 0 Å². The largest absolute Gasteiger partial charge is 0.469 e. The molecule has 6 heteroatoms. The molecule has 0 spiro atoms. The number of hydrogen-bond acceptors (Lipinski definition) is 4. The zero-order valence-electron chi connectivity index (χ0n) is 8.04. The summed E-state index contributed by atoms with van der Waals surface area (Å²) in [4.78, 5) is 14.6. The van der Waals surface area contributed by atoms with Crippen molar-refractivity contribution >= 4 is 11.8 Å². The molecule has 0 atom stereocenters. The molecule has 1 rings (SSSR count). The van der Waals surface area contributed by atoms with Crippen LogP contribution in [0.2, 0.25) is 0 Å². The first-order valence-electron chi connectivity index (χ1n) is 4.15. The molecule has 1 aromatic rings. The lowest BCUT2D eigenvalue weighted by Crippen LogP contribution is -2.10. The van der Waals surface area contributed by atoms with Gasteiger partial charge in [-0.2, -0.15) is 0 Å². The Morgan fingerprint density at radius 3 is 2.80 bits per heavy atom. The molecule has 0 aliphatic heterocycles. The molecule has 4 nitrogen and oxygen atoms in total. The molecule has 0 aromatic carbocycles. The van der Waals surface area contributed by atoms with Crippen molar-refractivity contribution in [3.05, 3.63) is 23.4 Å². The Bertz CT molecular complexity index is 369. The summed E-state index contributed by atoms with van der Waals surface area (Å²) in [5.41, 5.74) is 5.00. The van der Waals surface area contributed by atoms with Crippen LogP contribution in [-0.2, 0) is 16.0 Å². The van der Waals surface area contributed by atoms with Crippen LogP contribution in [-0.4, -0.2) is 18.1 Å². The van der Waals surface area contributed by atoms with Crippen LogP contribution in [0, 0.1) is 0 Å². The number of rotatable bonds is 3. The molecule has 1 aromatic heterocycles. The summed E-state index contributed by atoms with van der Waals surface area (Å²) in [7, 11) is 1.18. The van der Waals surface area contributed by atoms with E-state index >= 15 is 0 Å². The van der Waals surface area contributed by atoms with Crippen molar-refractivity contribution in [2.45, 2.75) is 12.8 Å². The van der Waals surface area contributed by atoms with E-state index in [2.05, 4.69) is 9.72 Å². The molecule has 0 radical (unpaired) electrons. The van der Waals surface area contributed by atoms with E-state index in [1.54, 1.807) is 0 Å². The van der Waals surface area contributed by atoms with Gasteiger partial charge >= 0.3 is 5.97 Å². The van der Waals surface area contributed by atoms with E-state index in [0.717, 1.165) is 6.07 Å². The van der Waals surface area contributed by atoms with E-state index in [-0.39, 0.29) is 23.5 Å². The Hall–Kier alpha value is -1.72. The number of ether oxygens (including phenoxy) is 1. The highest BCUT2D eigenvalue weighted by molar-refractivity contribution is 5.72. The molecule has 15 heavy (non-hydrogen) atoms. The molecular formula is C9H10F2N2O2. The van der Waals surface area contributed by atoms with Crippen LogP contribution < -0.4 is 5.73 Å². The van der Waals surface area contributed by atoms with Crippen molar-refractivity contribution in [2.24, 2.45) is 0 Å². The highest BCUT2D eigenvalue weighted by Crippen LogP contribution is 2.23. The minimum absolute atomic E-state index is 0.0446. The molecular weight excluding hydrogens is 206 g/mol.